The topological polar surface area (TPSA) is 76.4 Å². The summed E-state index contributed by atoms with van der Waals surface area (Å²) < 4.78 is 7.57. The van der Waals surface area contributed by atoms with Gasteiger partial charge in [0.15, 0.2) is 5.16 Å². The van der Waals surface area contributed by atoms with E-state index in [9.17, 15) is 4.79 Å². The van der Waals surface area contributed by atoms with Gasteiger partial charge in [-0.3, -0.25) is 9.36 Å². The van der Waals surface area contributed by atoms with Crippen LogP contribution in [0.2, 0.25) is 0 Å². The number of aromatic nitrogens is 4. The molecule has 0 saturated carbocycles. The zero-order valence-electron chi connectivity index (χ0n) is 20.5. The van der Waals surface area contributed by atoms with Gasteiger partial charge in [-0.05, 0) is 37.6 Å². The molecule has 36 heavy (non-hydrogen) atoms. The number of benzene rings is 2. The fourth-order valence-corrected chi connectivity index (χ4v) is 6.11. The zero-order valence-corrected chi connectivity index (χ0v) is 22.2. The number of thioether (sulfide) groups is 1. The molecule has 186 valence electrons. The number of hydrogen-bond donors (Lipinski definition) is 0. The van der Waals surface area contributed by atoms with Crippen LogP contribution in [0, 0.1) is 13.8 Å². The van der Waals surface area contributed by atoms with Gasteiger partial charge < -0.3 is 14.5 Å². The lowest BCUT2D eigenvalue weighted by atomic mass is 10.2. The van der Waals surface area contributed by atoms with E-state index >= 15 is 0 Å². The molecule has 1 aliphatic rings. The van der Waals surface area contributed by atoms with Crippen molar-refractivity contribution in [1.82, 2.24) is 24.6 Å². The first-order chi connectivity index (χ1) is 17.5. The average molecular weight is 521 g/mol. The lowest BCUT2D eigenvalue weighted by Gasteiger charge is -2.36. The molecule has 2 aromatic heterocycles. The normalized spacial score (nSPS) is 13.8. The SMILES string of the molecule is COc1ccccc1N1CCN(C(=O)c2csc(CSc3nnc(C)n3-c3ccccc3C)n2)CC1. The number of hydrogen-bond acceptors (Lipinski definition) is 8. The Hall–Kier alpha value is -3.37. The van der Waals surface area contributed by atoms with Gasteiger partial charge in [-0.15, -0.1) is 21.5 Å². The largest absolute Gasteiger partial charge is 0.495 e. The van der Waals surface area contributed by atoms with Gasteiger partial charge in [0.1, 0.15) is 22.3 Å². The van der Waals surface area contributed by atoms with Gasteiger partial charge in [0.25, 0.3) is 5.91 Å². The molecule has 0 bridgehead atoms. The molecule has 0 unspecified atom stereocenters. The van der Waals surface area contributed by atoms with E-state index in [1.165, 1.54) is 11.3 Å². The molecule has 1 aliphatic heterocycles. The molecule has 1 amide bonds. The van der Waals surface area contributed by atoms with E-state index in [1.54, 1.807) is 18.9 Å². The number of methoxy groups -OCH3 is 1. The van der Waals surface area contributed by atoms with Crippen molar-refractivity contribution in [1.29, 1.82) is 0 Å². The molecule has 5 rings (SSSR count). The minimum Gasteiger partial charge on any atom is -0.495 e. The smallest absolute Gasteiger partial charge is 0.273 e. The highest BCUT2D eigenvalue weighted by Crippen LogP contribution is 2.30. The predicted molar refractivity (Wildman–Crippen MR) is 144 cm³/mol. The van der Waals surface area contributed by atoms with E-state index in [4.69, 9.17) is 4.74 Å². The molecule has 4 aromatic rings. The third kappa shape index (κ3) is 4.96. The summed E-state index contributed by atoms with van der Waals surface area (Å²) in [6.07, 6.45) is 0. The Labute approximate surface area is 218 Å². The summed E-state index contributed by atoms with van der Waals surface area (Å²) in [5.74, 6) is 2.31. The molecule has 0 radical (unpaired) electrons. The van der Waals surface area contributed by atoms with Crippen molar-refractivity contribution >= 4 is 34.7 Å². The Morgan fingerprint density at radius 2 is 1.72 bits per heavy atom. The first-order valence-electron chi connectivity index (χ1n) is 11.8. The van der Waals surface area contributed by atoms with Crippen molar-refractivity contribution in [2.45, 2.75) is 24.8 Å². The van der Waals surface area contributed by atoms with Crippen LogP contribution in [0.4, 0.5) is 5.69 Å². The fourth-order valence-electron chi connectivity index (χ4n) is 4.33. The molecule has 0 N–H and O–H groups in total. The second kappa shape index (κ2) is 10.7. The molecular weight excluding hydrogens is 492 g/mol. The van der Waals surface area contributed by atoms with Crippen LogP contribution < -0.4 is 9.64 Å². The summed E-state index contributed by atoms with van der Waals surface area (Å²) in [7, 11) is 1.68. The van der Waals surface area contributed by atoms with Crippen LogP contribution >= 0.6 is 23.1 Å². The minimum atomic E-state index is -0.0129. The van der Waals surface area contributed by atoms with Crippen LogP contribution in [0.25, 0.3) is 5.69 Å². The van der Waals surface area contributed by atoms with Crippen molar-refractivity contribution in [2.24, 2.45) is 0 Å². The molecule has 3 heterocycles. The van der Waals surface area contributed by atoms with Gasteiger partial charge in [-0.25, -0.2) is 4.98 Å². The number of thiazole rings is 1. The summed E-state index contributed by atoms with van der Waals surface area (Å²) in [5, 5.41) is 12.2. The summed E-state index contributed by atoms with van der Waals surface area (Å²) >= 11 is 3.09. The second-order valence-electron chi connectivity index (χ2n) is 8.52. The Morgan fingerprint density at radius 1 is 1.00 bits per heavy atom. The second-order valence-corrected chi connectivity index (χ2v) is 10.4. The van der Waals surface area contributed by atoms with Crippen LogP contribution in [-0.4, -0.2) is 63.8 Å². The molecule has 0 atom stereocenters. The highest BCUT2D eigenvalue weighted by Gasteiger charge is 2.25. The molecule has 2 aromatic carbocycles. The van der Waals surface area contributed by atoms with Crippen molar-refractivity contribution < 1.29 is 9.53 Å². The summed E-state index contributed by atoms with van der Waals surface area (Å²) in [5.41, 5.74) is 3.81. The van der Waals surface area contributed by atoms with Crippen molar-refractivity contribution in [2.75, 3.05) is 38.2 Å². The third-order valence-corrected chi connectivity index (χ3v) is 8.21. The molecule has 0 spiro atoms. The number of piperazine rings is 1. The number of rotatable bonds is 7. The minimum absolute atomic E-state index is 0.0129. The van der Waals surface area contributed by atoms with Crippen LogP contribution in [0.5, 0.6) is 5.75 Å². The number of nitrogens with zero attached hydrogens (tertiary/aromatic N) is 6. The maximum atomic E-state index is 13.1. The Morgan fingerprint density at radius 3 is 2.47 bits per heavy atom. The zero-order chi connectivity index (χ0) is 25.1. The van der Waals surface area contributed by atoms with Crippen LogP contribution in [0.15, 0.2) is 59.1 Å². The highest BCUT2D eigenvalue weighted by atomic mass is 32.2. The fraction of sp³-hybridized carbons (Fsp3) is 0.308. The Balaban J connectivity index is 1.21. The molecular formula is C26H28N6O2S2. The van der Waals surface area contributed by atoms with E-state index in [-0.39, 0.29) is 5.91 Å². The molecule has 0 aliphatic carbocycles. The van der Waals surface area contributed by atoms with Crippen LogP contribution in [0.3, 0.4) is 0 Å². The van der Waals surface area contributed by atoms with Crippen LogP contribution in [-0.2, 0) is 5.75 Å². The molecule has 1 saturated heterocycles. The van der Waals surface area contributed by atoms with E-state index in [1.807, 2.05) is 47.5 Å². The van der Waals surface area contributed by atoms with Gasteiger partial charge in [0.2, 0.25) is 0 Å². The van der Waals surface area contributed by atoms with E-state index in [0.29, 0.717) is 24.5 Å². The quantitative estimate of drug-likeness (QED) is 0.330. The Bertz CT molecular complexity index is 1360. The number of ether oxygens (including phenoxy) is 1. The van der Waals surface area contributed by atoms with Crippen molar-refractivity contribution in [3.8, 4) is 11.4 Å². The molecule has 1 fully saturated rings. The summed E-state index contributed by atoms with van der Waals surface area (Å²) in [6, 6.07) is 16.2. The van der Waals surface area contributed by atoms with Crippen molar-refractivity contribution in [3.63, 3.8) is 0 Å². The first kappa shape index (κ1) is 24.3. The van der Waals surface area contributed by atoms with Crippen LogP contribution in [0.1, 0.15) is 26.9 Å². The third-order valence-electron chi connectivity index (χ3n) is 6.24. The standard InChI is InChI=1S/C26H28N6O2S2/c1-18-8-4-5-9-21(18)32-19(2)28-29-26(32)36-17-24-27-20(16-35-24)25(33)31-14-12-30(13-15-31)22-10-6-7-11-23(22)34-3/h4-11,16H,12-15,17H2,1-3H3. The Kier molecular flexibility index (Phi) is 7.24. The number of anilines is 1. The van der Waals surface area contributed by atoms with E-state index in [2.05, 4.69) is 49.8 Å². The van der Waals surface area contributed by atoms with Gasteiger partial charge in [-0.1, -0.05) is 42.1 Å². The number of carbonyl (C=O) groups excluding carboxylic acids is 1. The van der Waals surface area contributed by atoms with Gasteiger partial charge in [0, 0.05) is 31.6 Å². The lowest BCUT2D eigenvalue weighted by Crippen LogP contribution is -2.49. The first-order valence-corrected chi connectivity index (χ1v) is 13.6. The van der Waals surface area contributed by atoms with E-state index in [0.717, 1.165) is 51.8 Å². The maximum Gasteiger partial charge on any atom is 0.273 e. The maximum absolute atomic E-state index is 13.1. The van der Waals surface area contributed by atoms with Gasteiger partial charge >= 0.3 is 0 Å². The number of amides is 1. The number of para-hydroxylation sites is 3. The van der Waals surface area contributed by atoms with E-state index < -0.39 is 0 Å². The van der Waals surface area contributed by atoms with Gasteiger partial charge in [0.05, 0.1) is 24.2 Å². The highest BCUT2D eigenvalue weighted by molar-refractivity contribution is 7.98. The monoisotopic (exact) mass is 520 g/mol. The predicted octanol–water partition coefficient (Wildman–Crippen LogP) is 4.60. The lowest BCUT2D eigenvalue weighted by molar-refractivity contribution is 0.0741. The summed E-state index contributed by atoms with van der Waals surface area (Å²) in [6.45, 7) is 6.85. The molecule has 10 heteroatoms. The number of aryl methyl sites for hydroxylation is 2. The molecule has 8 nitrogen and oxygen atoms in total. The number of carbonyl (C=O) groups is 1. The van der Waals surface area contributed by atoms with Gasteiger partial charge in [-0.2, -0.15) is 0 Å². The average Bonchev–Trinajstić information content (AvgIpc) is 3.54. The van der Waals surface area contributed by atoms with Crippen molar-refractivity contribution in [3.05, 3.63) is 76.0 Å². The summed E-state index contributed by atoms with van der Waals surface area (Å²) in [4.78, 5) is 21.9.